The Balaban J connectivity index is 1.89. The van der Waals surface area contributed by atoms with Gasteiger partial charge < -0.3 is 24.8 Å². The zero-order chi connectivity index (χ0) is 22.4. The number of rotatable bonds is 8. The van der Waals surface area contributed by atoms with Gasteiger partial charge in [-0.1, -0.05) is 41.1 Å². The van der Waals surface area contributed by atoms with Crippen LogP contribution in [0.25, 0.3) is 0 Å². The lowest BCUT2D eigenvalue weighted by atomic mass is 9.94. The summed E-state index contributed by atoms with van der Waals surface area (Å²) in [5, 5.41) is 5.52. The largest absolute Gasteiger partial charge is 0.493 e. The fraction of sp³-hybridized carbons (Fsp3) is 0.304. The average Bonchev–Trinajstić information content (AvgIpc) is 2.78. The van der Waals surface area contributed by atoms with Crippen LogP contribution < -0.4 is 20.1 Å². The number of hydrogen-bond acceptors (Lipinski definition) is 5. The summed E-state index contributed by atoms with van der Waals surface area (Å²) < 4.78 is 17.7. The standard InChI is InChI=1S/C23H25BrN2O5/c1-4-17-20(22(27)30-5-2)21(26-23(28)25-17)15-8-11-18(19(12-15)29-3)31-13-14-6-9-16(24)10-7-14/h6-12,21H,4-5,13H2,1-3H3,(H2,25,26,28). The number of ether oxygens (including phenoxy) is 3. The highest BCUT2D eigenvalue weighted by Gasteiger charge is 2.33. The molecule has 8 heteroatoms. The fourth-order valence-corrected chi connectivity index (χ4v) is 3.59. The summed E-state index contributed by atoms with van der Waals surface area (Å²) >= 11 is 3.42. The third-order valence-corrected chi connectivity index (χ3v) is 5.36. The molecule has 0 bridgehead atoms. The number of carbonyl (C=O) groups excluding carboxylic acids is 2. The summed E-state index contributed by atoms with van der Waals surface area (Å²) in [6, 6.07) is 12.2. The third kappa shape index (κ3) is 5.38. The summed E-state index contributed by atoms with van der Waals surface area (Å²) in [7, 11) is 1.55. The molecular formula is C23H25BrN2O5. The lowest BCUT2D eigenvalue weighted by molar-refractivity contribution is -0.139. The van der Waals surface area contributed by atoms with E-state index >= 15 is 0 Å². The molecule has 3 rings (SSSR count). The maximum atomic E-state index is 12.6. The molecule has 2 amide bonds. The molecule has 0 saturated heterocycles. The number of nitrogens with one attached hydrogen (secondary N) is 2. The number of benzene rings is 2. The summed E-state index contributed by atoms with van der Waals surface area (Å²) in [5.41, 5.74) is 2.63. The second-order valence-corrected chi connectivity index (χ2v) is 7.74. The highest BCUT2D eigenvalue weighted by atomic mass is 79.9. The van der Waals surface area contributed by atoms with Gasteiger partial charge in [-0.05, 0) is 48.7 Å². The SMILES string of the molecule is CCOC(=O)C1=C(CC)NC(=O)NC1c1ccc(OCc2ccc(Br)cc2)c(OC)c1. The van der Waals surface area contributed by atoms with Crippen molar-refractivity contribution < 1.29 is 23.8 Å². The molecule has 0 radical (unpaired) electrons. The molecule has 1 heterocycles. The minimum atomic E-state index is -0.655. The first-order valence-electron chi connectivity index (χ1n) is 9.99. The van der Waals surface area contributed by atoms with Gasteiger partial charge in [0.15, 0.2) is 11.5 Å². The van der Waals surface area contributed by atoms with Crippen molar-refractivity contribution >= 4 is 27.9 Å². The van der Waals surface area contributed by atoms with Crippen molar-refractivity contribution in [3.05, 3.63) is 69.3 Å². The molecule has 2 aromatic rings. The molecule has 164 valence electrons. The highest BCUT2D eigenvalue weighted by molar-refractivity contribution is 9.10. The summed E-state index contributed by atoms with van der Waals surface area (Å²) in [6.45, 7) is 4.23. The Labute approximate surface area is 189 Å². The number of amides is 2. The van der Waals surface area contributed by atoms with Crippen molar-refractivity contribution in [1.29, 1.82) is 0 Å². The van der Waals surface area contributed by atoms with Crippen LogP contribution in [0.2, 0.25) is 0 Å². The van der Waals surface area contributed by atoms with Gasteiger partial charge in [0.05, 0.1) is 25.3 Å². The minimum Gasteiger partial charge on any atom is -0.493 e. The van der Waals surface area contributed by atoms with Crippen molar-refractivity contribution in [2.24, 2.45) is 0 Å². The summed E-state index contributed by atoms with van der Waals surface area (Å²) in [5.74, 6) is 0.599. The van der Waals surface area contributed by atoms with Gasteiger partial charge in [-0.3, -0.25) is 0 Å². The first-order chi connectivity index (χ1) is 15.0. The number of allylic oxidation sites excluding steroid dienone is 1. The molecule has 0 aliphatic carbocycles. The Bertz CT molecular complexity index is 988. The molecule has 1 aliphatic rings. The van der Waals surface area contributed by atoms with Gasteiger partial charge >= 0.3 is 12.0 Å². The second-order valence-electron chi connectivity index (χ2n) is 6.82. The van der Waals surface area contributed by atoms with E-state index in [1.807, 2.05) is 37.3 Å². The van der Waals surface area contributed by atoms with Gasteiger partial charge in [-0.25, -0.2) is 9.59 Å². The zero-order valence-corrected chi connectivity index (χ0v) is 19.2. The highest BCUT2D eigenvalue weighted by Crippen LogP contribution is 2.35. The van der Waals surface area contributed by atoms with Crippen LogP contribution in [-0.2, 0) is 16.1 Å². The van der Waals surface area contributed by atoms with Gasteiger partial charge in [-0.15, -0.1) is 0 Å². The van der Waals surface area contributed by atoms with Crippen molar-refractivity contribution in [2.75, 3.05) is 13.7 Å². The van der Waals surface area contributed by atoms with Crippen LogP contribution in [0, 0.1) is 0 Å². The minimum absolute atomic E-state index is 0.242. The molecule has 2 aromatic carbocycles. The van der Waals surface area contributed by atoms with Gasteiger partial charge in [0.2, 0.25) is 0 Å². The molecule has 7 nitrogen and oxygen atoms in total. The van der Waals surface area contributed by atoms with E-state index < -0.39 is 12.0 Å². The van der Waals surface area contributed by atoms with Crippen molar-refractivity contribution in [3.8, 4) is 11.5 Å². The summed E-state index contributed by atoms with van der Waals surface area (Å²) in [6.07, 6.45) is 0.490. The Kier molecular flexibility index (Phi) is 7.57. The molecule has 1 aliphatic heterocycles. The van der Waals surface area contributed by atoms with Crippen LogP contribution in [0.5, 0.6) is 11.5 Å². The lowest BCUT2D eigenvalue weighted by Gasteiger charge is -2.29. The maximum Gasteiger partial charge on any atom is 0.338 e. The van der Waals surface area contributed by atoms with E-state index in [-0.39, 0.29) is 12.6 Å². The predicted octanol–water partition coefficient (Wildman–Crippen LogP) is 4.62. The van der Waals surface area contributed by atoms with Gasteiger partial charge in [0.1, 0.15) is 6.61 Å². The molecule has 0 fully saturated rings. The van der Waals surface area contributed by atoms with Crippen LogP contribution in [-0.4, -0.2) is 25.7 Å². The van der Waals surface area contributed by atoms with E-state index in [0.717, 1.165) is 10.0 Å². The smallest absolute Gasteiger partial charge is 0.338 e. The molecule has 2 N–H and O–H groups in total. The third-order valence-electron chi connectivity index (χ3n) is 4.83. The number of esters is 1. The monoisotopic (exact) mass is 488 g/mol. The molecule has 1 unspecified atom stereocenters. The number of hydrogen-bond donors (Lipinski definition) is 2. The summed E-state index contributed by atoms with van der Waals surface area (Å²) in [4.78, 5) is 24.8. The Morgan fingerprint density at radius 1 is 1.10 bits per heavy atom. The molecule has 1 atom stereocenters. The second kappa shape index (κ2) is 10.3. The van der Waals surface area contributed by atoms with Crippen LogP contribution in [0.1, 0.15) is 37.4 Å². The van der Waals surface area contributed by atoms with E-state index in [2.05, 4.69) is 26.6 Å². The van der Waals surface area contributed by atoms with E-state index in [9.17, 15) is 9.59 Å². The topological polar surface area (TPSA) is 85.9 Å². The van der Waals surface area contributed by atoms with Crippen molar-refractivity contribution in [1.82, 2.24) is 10.6 Å². The average molecular weight is 489 g/mol. The number of urea groups is 1. The zero-order valence-electron chi connectivity index (χ0n) is 17.7. The number of halogens is 1. The van der Waals surface area contributed by atoms with Gasteiger partial charge in [0, 0.05) is 10.2 Å². The van der Waals surface area contributed by atoms with Gasteiger partial charge in [0.25, 0.3) is 0 Å². The Morgan fingerprint density at radius 2 is 1.84 bits per heavy atom. The molecule has 0 spiro atoms. The van der Waals surface area contributed by atoms with Crippen LogP contribution >= 0.6 is 15.9 Å². The molecule has 0 saturated carbocycles. The Hall–Kier alpha value is -3.00. The predicted molar refractivity (Wildman–Crippen MR) is 120 cm³/mol. The normalized spacial score (nSPS) is 15.7. The fourth-order valence-electron chi connectivity index (χ4n) is 3.32. The number of carbonyl (C=O) groups is 2. The first-order valence-corrected chi connectivity index (χ1v) is 10.8. The van der Waals surface area contributed by atoms with E-state index in [4.69, 9.17) is 14.2 Å². The van der Waals surface area contributed by atoms with E-state index in [1.165, 1.54) is 0 Å². The van der Waals surface area contributed by atoms with Crippen LogP contribution in [0.15, 0.2) is 58.2 Å². The van der Waals surface area contributed by atoms with Gasteiger partial charge in [-0.2, -0.15) is 0 Å². The quantitative estimate of drug-likeness (QED) is 0.529. The van der Waals surface area contributed by atoms with Crippen molar-refractivity contribution in [2.45, 2.75) is 32.9 Å². The molecule has 0 aromatic heterocycles. The Morgan fingerprint density at radius 3 is 2.48 bits per heavy atom. The molecule has 31 heavy (non-hydrogen) atoms. The first kappa shape index (κ1) is 22.7. The lowest BCUT2D eigenvalue weighted by Crippen LogP contribution is -2.45. The van der Waals surface area contributed by atoms with Crippen LogP contribution in [0.4, 0.5) is 4.79 Å². The number of methoxy groups -OCH3 is 1. The van der Waals surface area contributed by atoms with Crippen LogP contribution in [0.3, 0.4) is 0 Å². The van der Waals surface area contributed by atoms with E-state index in [1.54, 1.807) is 26.2 Å². The van der Waals surface area contributed by atoms with Crippen molar-refractivity contribution in [3.63, 3.8) is 0 Å². The maximum absolute atomic E-state index is 12.6. The molecular weight excluding hydrogens is 464 g/mol. The van der Waals surface area contributed by atoms with E-state index in [0.29, 0.717) is 41.4 Å².